The van der Waals surface area contributed by atoms with Crippen molar-refractivity contribution >= 4 is 5.97 Å². The molecule has 0 aromatic carbocycles. The van der Waals surface area contributed by atoms with Crippen molar-refractivity contribution in [3.63, 3.8) is 0 Å². The Kier molecular flexibility index (Phi) is 1.71. The van der Waals surface area contributed by atoms with Gasteiger partial charge in [-0.2, -0.15) is 0 Å². The third kappa shape index (κ3) is 1.42. The van der Waals surface area contributed by atoms with Crippen LogP contribution in [0.15, 0.2) is 0 Å². The molecule has 1 heterocycles. The average molecular weight is 129 g/mol. The third-order valence-electron chi connectivity index (χ3n) is 1.67. The summed E-state index contributed by atoms with van der Waals surface area (Å²) >= 11 is 0. The molecule has 0 aromatic rings. The van der Waals surface area contributed by atoms with Gasteiger partial charge in [-0.15, -0.1) is 0 Å². The summed E-state index contributed by atoms with van der Waals surface area (Å²) in [6.45, 7) is 2.00. The number of hydrogen-bond donors (Lipinski definition) is 2. The van der Waals surface area contributed by atoms with Gasteiger partial charge in [-0.3, -0.25) is 4.79 Å². The van der Waals surface area contributed by atoms with E-state index in [0.717, 1.165) is 12.8 Å². The lowest BCUT2D eigenvalue weighted by atomic mass is 10.2. The minimum absolute atomic E-state index is 0.292. The Morgan fingerprint density at radius 1 is 1.67 bits per heavy atom. The van der Waals surface area contributed by atoms with Gasteiger partial charge in [0.15, 0.2) is 0 Å². The van der Waals surface area contributed by atoms with Crippen LogP contribution >= 0.6 is 0 Å². The van der Waals surface area contributed by atoms with Crippen molar-refractivity contribution in [2.45, 2.75) is 31.8 Å². The molecule has 0 aromatic heterocycles. The summed E-state index contributed by atoms with van der Waals surface area (Å²) in [5.74, 6) is -0.723. The van der Waals surface area contributed by atoms with Crippen molar-refractivity contribution in [1.29, 1.82) is 0 Å². The van der Waals surface area contributed by atoms with E-state index in [2.05, 4.69) is 5.32 Å². The van der Waals surface area contributed by atoms with Crippen molar-refractivity contribution in [3.05, 3.63) is 0 Å². The Morgan fingerprint density at radius 2 is 2.33 bits per heavy atom. The molecule has 2 N–H and O–H groups in total. The summed E-state index contributed by atoms with van der Waals surface area (Å²) in [5.41, 5.74) is 0. The van der Waals surface area contributed by atoms with Gasteiger partial charge in [0.25, 0.3) is 0 Å². The fourth-order valence-electron chi connectivity index (χ4n) is 1.12. The van der Waals surface area contributed by atoms with Crippen molar-refractivity contribution in [3.8, 4) is 0 Å². The maximum Gasteiger partial charge on any atom is 0.320 e. The highest BCUT2D eigenvalue weighted by Gasteiger charge is 2.25. The summed E-state index contributed by atoms with van der Waals surface area (Å²) in [4.78, 5) is 10.3. The zero-order valence-corrected chi connectivity index (χ0v) is 5.42. The van der Waals surface area contributed by atoms with Gasteiger partial charge in [0.05, 0.1) is 0 Å². The van der Waals surface area contributed by atoms with E-state index in [-0.39, 0.29) is 6.04 Å². The van der Waals surface area contributed by atoms with E-state index in [4.69, 9.17) is 5.11 Å². The summed E-state index contributed by atoms with van der Waals surface area (Å²) in [7, 11) is 0. The van der Waals surface area contributed by atoms with Crippen LogP contribution in [0.2, 0.25) is 0 Å². The monoisotopic (exact) mass is 129 g/mol. The minimum Gasteiger partial charge on any atom is -0.480 e. The van der Waals surface area contributed by atoms with Crippen LogP contribution < -0.4 is 5.32 Å². The number of carbonyl (C=O) groups is 1. The molecule has 3 nitrogen and oxygen atoms in total. The van der Waals surface area contributed by atoms with Crippen LogP contribution in [0, 0.1) is 0 Å². The first-order valence-corrected chi connectivity index (χ1v) is 3.19. The molecule has 9 heavy (non-hydrogen) atoms. The van der Waals surface area contributed by atoms with Crippen LogP contribution in [0.4, 0.5) is 0 Å². The van der Waals surface area contributed by atoms with E-state index in [1.165, 1.54) is 0 Å². The smallest absolute Gasteiger partial charge is 0.320 e. The second-order valence-electron chi connectivity index (χ2n) is 2.54. The number of carboxylic acid groups (broad SMARTS) is 1. The first-order valence-electron chi connectivity index (χ1n) is 3.19. The summed E-state index contributed by atoms with van der Waals surface area (Å²) in [6.07, 6.45) is 1.76. The van der Waals surface area contributed by atoms with Crippen molar-refractivity contribution in [1.82, 2.24) is 5.32 Å². The topological polar surface area (TPSA) is 49.3 Å². The molecule has 3 heteroatoms. The molecule has 52 valence electrons. The largest absolute Gasteiger partial charge is 0.480 e. The average Bonchev–Trinajstić information content (AvgIpc) is 2.14. The first-order chi connectivity index (χ1) is 4.20. The molecule has 0 aliphatic carbocycles. The van der Waals surface area contributed by atoms with Crippen LogP contribution in [0.25, 0.3) is 0 Å². The molecular formula is C6H11NO2. The third-order valence-corrected chi connectivity index (χ3v) is 1.67. The van der Waals surface area contributed by atoms with Gasteiger partial charge < -0.3 is 10.4 Å². The number of aliphatic carboxylic acids is 1. The van der Waals surface area contributed by atoms with E-state index in [9.17, 15) is 4.79 Å². The van der Waals surface area contributed by atoms with Crippen LogP contribution in [-0.4, -0.2) is 23.2 Å². The molecule has 1 aliphatic heterocycles. The molecular weight excluding hydrogens is 118 g/mol. The Labute approximate surface area is 54.1 Å². The normalized spacial score (nSPS) is 34.8. The number of rotatable bonds is 1. The van der Waals surface area contributed by atoms with E-state index in [1.807, 2.05) is 6.92 Å². The summed E-state index contributed by atoms with van der Waals surface area (Å²) in [5, 5.41) is 11.4. The van der Waals surface area contributed by atoms with Crippen molar-refractivity contribution in [2.75, 3.05) is 0 Å². The summed E-state index contributed by atoms with van der Waals surface area (Å²) < 4.78 is 0. The molecule has 0 amide bonds. The predicted molar refractivity (Wildman–Crippen MR) is 33.3 cm³/mol. The quantitative estimate of drug-likeness (QED) is 0.532. The van der Waals surface area contributed by atoms with Crippen molar-refractivity contribution < 1.29 is 9.90 Å². The highest BCUT2D eigenvalue weighted by molar-refractivity contribution is 5.73. The van der Waals surface area contributed by atoms with Crippen molar-refractivity contribution in [2.24, 2.45) is 0 Å². The second-order valence-corrected chi connectivity index (χ2v) is 2.54. The SMILES string of the molecule is C[C@H]1CC[C@@H](C(=O)O)N1. The Morgan fingerprint density at radius 3 is 2.56 bits per heavy atom. The Balaban J connectivity index is 2.39. The van der Waals surface area contributed by atoms with Gasteiger partial charge >= 0.3 is 5.97 Å². The molecule has 1 aliphatic rings. The maximum absolute atomic E-state index is 10.3. The van der Waals surface area contributed by atoms with Gasteiger partial charge in [-0.05, 0) is 19.8 Å². The molecule has 0 spiro atoms. The highest BCUT2D eigenvalue weighted by Crippen LogP contribution is 2.10. The highest BCUT2D eigenvalue weighted by atomic mass is 16.4. The van der Waals surface area contributed by atoms with Crippen LogP contribution in [0.3, 0.4) is 0 Å². The molecule has 0 saturated carbocycles. The first kappa shape index (κ1) is 6.55. The minimum atomic E-state index is -0.723. The molecule has 1 saturated heterocycles. The molecule has 1 fully saturated rings. The van der Waals surface area contributed by atoms with Crippen LogP contribution in [0.5, 0.6) is 0 Å². The fourth-order valence-corrected chi connectivity index (χ4v) is 1.12. The van der Waals surface area contributed by atoms with Crippen LogP contribution in [-0.2, 0) is 4.79 Å². The molecule has 2 atom stereocenters. The fraction of sp³-hybridized carbons (Fsp3) is 0.833. The molecule has 0 bridgehead atoms. The van der Waals surface area contributed by atoms with Crippen LogP contribution in [0.1, 0.15) is 19.8 Å². The summed E-state index contributed by atoms with van der Waals surface area (Å²) in [6, 6.07) is 0.0890. The Bertz CT molecular complexity index is 124. The standard InChI is InChI=1S/C6H11NO2/c1-4-2-3-5(7-4)6(8)9/h4-5,7H,2-3H2,1H3,(H,8,9)/t4-,5-/m0/s1. The van der Waals surface area contributed by atoms with Gasteiger partial charge in [0.2, 0.25) is 0 Å². The van der Waals surface area contributed by atoms with Gasteiger partial charge in [0.1, 0.15) is 6.04 Å². The van der Waals surface area contributed by atoms with E-state index >= 15 is 0 Å². The number of hydrogen-bond acceptors (Lipinski definition) is 2. The molecule has 0 unspecified atom stereocenters. The zero-order chi connectivity index (χ0) is 6.85. The van der Waals surface area contributed by atoms with Gasteiger partial charge in [-0.1, -0.05) is 0 Å². The number of nitrogens with one attached hydrogen (secondary N) is 1. The lowest BCUT2D eigenvalue weighted by molar-refractivity contribution is -0.139. The zero-order valence-electron chi connectivity index (χ0n) is 5.42. The van der Waals surface area contributed by atoms with E-state index in [0.29, 0.717) is 6.04 Å². The predicted octanol–water partition coefficient (Wildman–Crippen LogP) is 0.212. The maximum atomic E-state index is 10.3. The van der Waals surface area contributed by atoms with E-state index in [1.54, 1.807) is 0 Å². The number of carboxylic acids is 1. The second kappa shape index (κ2) is 2.35. The Hall–Kier alpha value is -0.570. The molecule has 1 rings (SSSR count). The van der Waals surface area contributed by atoms with E-state index < -0.39 is 5.97 Å². The lowest BCUT2D eigenvalue weighted by Gasteiger charge is -2.03. The van der Waals surface area contributed by atoms with Gasteiger partial charge in [0, 0.05) is 6.04 Å². The van der Waals surface area contributed by atoms with Gasteiger partial charge in [-0.25, -0.2) is 0 Å². The molecule has 0 radical (unpaired) electrons. The lowest BCUT2D eigenvalue weighted by Crippen LogP contribution is -2.33.